The van der Waals surface area contributed by atoms with Crippen LogP contribution in [0.15, 0.2) is 53.1 Å². The highest BCUT2D eigenvalue weighted by Crippen LogP contribution is 2.24. The SMILES string of the molecule is Cc1cc(SCCC(=O)Nc2nc(-c3ccccc3)cs2)ncn1. The number of carbonyl (C=O) groups excluding carboxylic acids is 1. The molecule has 3 rings (SSSR count). The summed E-state index contributed by atoms with van der Waals surface area (Å²) in [4.78, 5) is 24.7. The van der Waals surface area contributed by atoms with Crippen LogP contribution in [0.25, 0.3) is 11.3 Å². The molecular formula is C17H16N4OS2. The van der Waals surface area contributed by atoms with Gasteiger partial charge in [0.15, 0.2) is 5.13 Å². The van der Waals surface area contributed by atoms with E-state index in [0.717, 1.165) is 22.0 Å². The summed E-state index contributed by atoms with van der Waals surface area (Å²) >= 11 is 2.98. The summed E-state index contributed by atoms with van der Waals surface area (Å²) in [7, 11) is 0. The molecule has 0 bridgehead atoms. The van der Waals surface area contributed by atoms with Gasteiger partial charge in [-0.3, -0.25) is 4.79 Å². The van der Waals surface area contributed by atoms with Crippen LogP contribution >= 0.6 is 23.1 Å². The highest BCUT2D eigenvalue weighted by molar-refractivity contribution is 7.99. The first-order valence-corrected chi connectivity index (χ1v) is 9.29. The number of anilines is 1. The van der Waals surface area contributed by atoms with Crippen molar-refractivity contribution in [3.8, 4) is 11.3 Å². The summed E-state index contributed by atoms with van der Waals surface area (Å²) in [6.07, 6.45) is 1.95. The number of hydrogen-bond acceptors (Lipinski definition) is 6. The molecule has 0 saturated heterocycles. The van der Waals surface area contributed by atoms with Gasteiger partial charge in [-0.05, 0) is 13.0 Å². The minimum absolute atomic E-state index is 0.0396. The largest absolute Gasteiger partial charge is 0.302 e. The van der Waals surface area contributed by atoms with E-state index in [-0.39, 0.29) is 5.91 Å². The van der Waals surface area contributed by atoms with Gasteiger partial charge in [0.05, 0.1) is 10.7 Å². The van der Waals surface area contributed by atoms with E-state index in [1.165, 1.54) is 11.3 Å². The third-order valence-corrected chi connectivity index (χ3v) is 4.86. The fourth-order valence-electron chi connectivity index (χ4n) is 2.01. The molecule has 0 aliphatic carbocycles. The molecule has 0 spiro atoms. The van der Waals surface area contributed by atoms with Crippen molar-refractivity contribution in [1.29, 1.82) is 0 Å². The first kappa shape index (κ1) is 16.6. The summed E-state index contributed by atoms with van der Waals surface area (Å²) in [6, 6.07) is 11.8. The number of hydrogen-bond donors (Lipinski definition) is 1. The van der Waals surface area contributed by atoms with Crippen LogP contribution in [0.4, 0.5) is 5.13 Å². The molecule has 2 heterocycles. The van der Waals surface area contributed by atoms with Crippen LogP contribution in [0.1, 0.15) is 12.1 Å². The second-order valence-electron chi connectivity index (χ2n) is 5.05. The Morgan fingerprint density at radius 1 is 1.25 bits per heavy atom. The van der Waals surface area contributed by atoms with Gasteiger partial charge < -0.3 is 5.32 Å². The van der Waals surface area contributed by atoms with Gasteiger partial charge in [-0.2, -0.15) is 0 Å². The standard InChI is InChI=1S/C17H16N4OS2/c1-12-9-16(19-11-18-12)23-8-7-15(22)21-17-20-14(10-24-17)13-5-3-2-4-6-13/h2-6,9-11H,7-8H2,1H3,(H,20,21,22). The van der Waals surface area contributed by atoms with Crippen molar-refractivity contribution in [3.63, 3.8) is 0 Å². The first-order chi connectivity index (χ1) is 11.7. The fraction of sp³-hybridized carbons (Fsp3) is 0.176. The highest BCUT2D eigenvalue weighted by Gasteiger charge is 2.08. The van der Waals surface area contributed by atoms with Crippen molar-refractivity contribution in [2.24, 2.45) is 0 Å². The number of carbonyl (C=O) groups is 1. The molecule has 0 aliphatic rings. The molecule has 0 unspecified atom stereocenters. The van der Waals surface area contributed by atoms with Gasteiger partial charge in [0, 0.05) is 28.8 Å². The lowest BCUT2D eigenvalue weighted by atomic mass is 10.2. The molecule has 0 atom stereocenters. The van der Waals surface area contributed by atoms with E-state index < -0.39 is 0 Å². The zero-order valence-electron chi connectivity index (χ0n) is 13.1. The topological polar surface area (TPSA) is 67.8 Å². The second-order valence-corrected chi connectivity index (χ2v) is 7.02. The Balaban J connectivity index is 1.49. The molecule has 1 amide bonds. The Hall–Kier alpha value is -2.25. The van der Waals surface area contributed by atoms with Gasteiger partial charge in [-0.25, -0.2) is 15.0 Å². The Morgan fingerprint density at radius 3 is 2.88 bits per heavy atom. The van der Waals surface area contributed by atoms with Gasteiger partial charge in [0.2, 0.25) is 5.91 Å². The number of thioether (sulfide) groups is 1. The van der Waals surface area contributed by atoms with Crippen LogP contribution in [0.3, 0.4) is 0 Å². The van der Waals surface area contributed by atoms with Crippen LogP contribution < -0.4 is 5.32 Å². The minimum atomic E-state index is -0.0396. The van der Waals surface area contributed by atoms with Crippen LogP contribution in [0.2, 0.25) is 0 Å². The summed E-state index contributed by atoms with van der Waals surface area (Å²) in [5, 5.41) is 6.31. The Bertz CT molecular complexity index is 820. The van der Waals surface area contributed by atoms with Crippen molar-refractivity contribution in [2.75, 3.05) is 11.1 Å². The van der Waals surface area contributed by atoms with Crippen molar-refractivity contribution < 1.29 is 4.79 Å². The zero-order valence-corrected chi connectivity index (χ0v) is 14.7. The van der Waals surface area contributed by atoms with E-state index in [1.54, 1.807) is 18.1 Å². The maximum Gasteiger partial charge on any atom is 0.226 e. The molecule has 5 nitrogen and oxygen atoms in total. The van der Waals surface area contributed by atoms with E-state index in [9.17, 15) is 4.79 Å². The lowest BCUT2D eigenvalue weighted by Gasteiger charge is -2.02. The van der Waals surface area contributed by atoms with Gasteiger partial charge >= 0.3 is 0 Å². The van der Waals surface area contributed by atoms with Crippen molar-refractivity contribution in [1.82, 2.24) is 15.0 Å². The average Bonchev–Trinajstić information content (AvgIpc) is 3.04. The van der Waals surface area contributed by atoms with E-state index >= 15 is 0 Å². The Morgan fingerprint density at radius 2 is 2.08 bits per heavy atom. The smallest absolute Gasteiger partial charge is 0.226 e. The van der Waals surface area contributed by atoms with Gasteiger partial charge in [0.1, 0.15) is 6.33 Å². The Labute approximate surface area is 148 Å². The minimum Gasteiger partial charge on any atom is -0.302 e. The summed E-state index contributed by atoms with van der Waals surface area (Å²) < 4.78 is 0. The van der Waals surface area contributed by atoms with Gasteiger partial charge in [-0.15, -0.1) is 23.1 Å². The number of nitrogens with zero attached hydrogens (tertiary/aromatic N) is 3. The van der Waals surface area contributed by atoms with E-state index in [1.807, 2.05) is 48.7 Å². The van der Waals surface area contributed by atoms with Crippen molar-refractivity contribution in [2.45, 2.75) is 18.4 Å². The fourth-order valence-corrected chi connectivity index (χ4v) is 3.62. The highest BCUT2D eigenvalue weighted by atomic mass is 32.2. The molecule has 0 fully saturated rings. The van der Waals surface area contributed by atoms with E-state index in [0.29, 0.717) is 17.3 Å². The number of aromatic nitrogens is 3. The monoisotopic (exact) mass is 356 g/mol. The number of nitrogens with one attached hydrogen (secondary N) is 1. The van der Waals surface area contributed by atoms with E-state index in [2.05, 4.69) is 20.3 Å². The number of aryl methyl sites for hydroxylation is 1. The maximum absolute atomic E-state index is 12.0. The molecule has 122 valence electrons. The Kier molecular flexibility index (Phi) is 5.55. The van der Waals surface area contributed by atoms with Crippen LogP contribution in [0.5, 0.6) is 0 Å². The molecular weight excluding hydrogens is 340 g/mol. The predicted molar refractivity (Wildman–Crippen MR) is 98.3 cm³/mol. The number of amides is 1. The average molecular weight is 356 g/mol. The molecule has 2 aromatic heterocycles. The third-order valence-electron chi connectivity index (χ3n) is 3.18. The molecule has 1 aromatic carbocycles. The van der Waals surface area contributed by atoms with Crippen LogP contribution in [-0.4, -0.2) is 26.6 Å². The molecule has 7 heteroatoms. The molecule has 0 aliphatic heterocycles. The molecule has 3 aromatic rings. The van der Waals surface area contributed by atoms with Gasteiger partial charge in [-0.1, -0.05) is 30.3 Å². The first-order valence-electron chi connectivity index (χ1n) is 7.43. The zero-order chi connectivity index (χ0) is 16.8. The predicted octanol–water partition coefficient (Wildman–Crippen LogP) is 4.03. The summed E-state index contributed by atoms with van der Waals surface area (Å²) in [6.45, 7) is 1.92. The molecule has 1 N–H and O–H groups in total. The van der Waals surface area contributed by atoms with Crippen LogP contribution in [0, 0.1) is 6.92 Å². The number of benzene rings is 1. The second kappa shape index (κ2) is 8.03. The van der Waals surface area contributed by atoms with E-state index in [4.69, 9.17) is 0 Å². The maximum atomic E-state index is 12.0. The lowest BCUT2D eigenvalue weighted by molar-refractivity contribution is -0.115. The molecule has 0 radical (unpaired) electrons. The molecule has 24 heavy (non-hydrogen) atoms. The number of rotatable bonds is 6. The lowest BCUT2D eigenvalue weighted by Crippen LogP contribution is -2.12. The normalized spacial score (nSPS) is 10.5. The quantitative estimate of drug-likeness (QED) is 0.533. The molecule has 0 saturated carbocycles. The van der Waals surface area contributed by atoms with Gasteiger partial charge in [0.25, 0.3) is 0 Å². The number of thiazole rings is 1. The van der Waals surface area contributed by atoms with Crippen molar-refractivity contribution >= 4 is 34.1 Å². The van der Waals surface area contributed by atoms with Crippen LogP contribution in [-0.2, 0) is 4.79 Å². The summed E-state index contributed by atoms with van der Waals surface area (Å²) in [5.74, 6) is 0.626. The summed E-state index contributed by atoms with van der Waals surface area (Å²) in [5.41, 5.74) is 2.85. The van der Waals surface area contributed by atoms with Crippen molar-refractivity contribution in [3.05, 3.63) is 53.8 Å². The third kappa shape index (κ3) is 4.62.